The van der Waals surface area contributed by atoms with Crippen LogP contribution in [0.4, 0.5) is 5.00 Å². The highest BCUT2D eigenvalue weighted by atomic mass is 32.1. The van der Waals surface area contributed by atoms with Crippen molar-refractivity contribution in [2.24, 2.45) is 5.10 Å². The lowest BCUT2D eigenvalue weighted by atomic mass is 10.2. The standard InChI is InChI=1S/C17H24N4O3S/c22-15(13-21-7-3-1-2-4-16(21)23)19-18-12-14-5-6-17(25-14)20-8-10-24-11-9-20/h5-6,12H,1-4,7-11,13H2,(H,19,22)/b18-12-. The molecule has 0 bridgehead atoms. The predicted octanol–water partition coefficient (Wildman–Crippen LogP) is 1.44. The van der Waals surface area contributed by atoms with Gasteiger partial charge in [0, 0.05) is 30.9 Å². The maximum atomic E-state index is 12.0. The first-order valence-electron chi connectivity index (χ1n) is 8.74. The Morgan fingerprint density at radius 2 is 2.08 bits per heavy atom. The number of hydrogen-bond acceptors (Lipinski definition) is 6. The van der Waals surface area contributed by atoms with Gasteiger partial charge in [0.1, 0.15) is 6.54 Å². The number of thiophene rings is 1. The summed E-state index contributed by atoms with van der Waals surface area (Å²) in [6.07, 6.45) is 5.11. The smallest absolute Gasteiger partial charge is 0.259 e. The molecular formula is C17H24N4O3S. The van der Waals surface area contributed by atoms with Gasteiger partial charge in [0.15, 0.2) is 0 Å². The molecule has 2 aliphatic rings. The summed E-state index contributed by atoms with van der Waals surface area (Å²) in [5.74, 6) is -0.193. The number of ether oxygens (including phenoxy) is 1. The Kier molecular flexibility index (Phi) is 6.41. The first kappa shape index (κ1) is 17.9. The van der Waals surface area contributed by atoms with E-state index in [4.69, 9.17) is 4.74 Å². The van der Waals surface area contributed by atoms with E-state index in [2.05, 4.69) is 21.5 Å². The highest BCUT2D eigenvalue weighted by Gasteiger charge is 2.19. The van der Waals surface area contributed by atoms with Crippen LogP contribution in [0, 0.1) is 0 Å². The van der Waals surface area contributed by atoms with Crippen molar-refractivity contribution < 1.29 is 14.3 Å². The van der Waals surface area contributed by atoms with Crippen molar-refractivity contribution in [2.45, 2.75) is 25.7 Å². The highest BCUT2D eigenvalue weighted by Crippen LogP contribution is 2.25. The van der Waals surface area contributed by atoms with Crippen LogP contribution in [0.5, 0.6) is 0 Å². The molecule has 3 heterocycles. The molecule has 1 N–H and O–H groups in total. The van der Waals surface area contributed by atoms with E-state index in [-0.39, 0.29) is 18.4 Å². The Bertz CT molecular complexity index is 625. The van der Waals surface area contributed by atoms with Gasteiger partial charge < -0.3 is 14.5 Å². The van der Waals surface area contributed by atoms with Crippen LogP contribution < -0.4 is 10.3 Å². The van der Waals surface area contributed by atoms with E-state index < -0.39 is 0 Å². The Hall–Kier alpha value is -1.93. The van der Waals surface area contributed by atoms with Gasteiger partial charge in [-0.3, -0.25) is 9.59 Å². The number of hydrazone groups is 1. The molecule has 2 amide bonds. The number of carbonyl (C=O) groups is 2. The van der Waals surface area contributed by atoms with E-state index in [1.165, 1.54) is 5.00 Å². The van der Waals surface area contributed by atoms with E-state index in [1.54, 1.807) is 22.5 Å². The third kappa shape index (κ3) is 5.27. The quantitative estimate of drug-likeness (QED) is 0.634. The van der Waals surface area contributed by atoms with Crippen molar-refractivity contribution in [3.63, 3.8) is 0 Å². The molecule has 25 heavy (non-hydrogen) atoms. The number of carbonyl (C=O) groups excluding carboxylic acids is 2. The van der Waals surface area contributed by atoms with E-state index in [0.29, 0.717) is 13.0 Å². The van der Waals surface area contributed by atoms with Crippen LogP contribution in [-0.2, 0) is 14.3 Å². The first-order chi connectivity index (χ1) is 12.2. The van der Waals surface area contributed by atoms with E-state index in [0.717, 1.165) is 50.4 Å². The molecule has 3 rings (SSSR count). The zero-order valence-electron chi connectivity index (χ0n) is 14.3. The molecule has 2 fully saturated rings. The lowest BCUT2D eigenvalue weighted by Crippen LogP contribution is -2.39. The summed E-state index contributed by atoms with van der Waals surface area (Å²) in [6.45, 7) is 4.05. The monoisotopic (exact) mass is 364 g/mol. The molecule has 7 nitrogen and oxygen atoms in total. The van der Waals surface area contributed by atoms with Crippen LogP contribution in [0.25, 0.3) is 0 Å². The second-order valence-electron chi connectivity index (χ2n) is 6.19. The zero-order chi connectivity index (χ0) is 17.5. The summed E-state index contributed by atoms with van der Waals surface area (Å²) in [5.41, 5.74) is 2.52. The van der Waals surface area contributed by atoms with Crippen LogP contribution in [-0.4, -0.2) is 62.3 Å². The van der Waals surface area contributed by atoms with Crippen molar-refractivity contribution in [3.05, 3.63) is 17.0 Å². The minimum absolute atomic E-state index is 0.0602. The van der Waals surface area contributed by atoms with Gasteiger partial charge in [-0.25, -0.2) is 5.43 Å². The van der Waals surface area contributed by atoms with Crippen molar-refractivity contribution in [2.75, 3.05) is 44.3 Å². The van der Waals surface area contributed by atoms with Crippen LogP contribution in [0.1, 0.15) is 30.6 Å². The molecule has 0 radical (unpaired) electrons. The summed E-state index contributed by atoms with van der Waals surface area (Å²) in [4.78, 5) is 28.8. The topological polar surface area (TPSA) is 74.2 Å². The predicted molar refractivity (Wildman–Crippen MR) is 98.1 cm³/mol. The van der Waals surface area contributed by atoms with Crippen molar-refractivity contribution >= 4 is 34.4 Å². The largest absolute Gasteiger partial charge is 0.378 e. The third-order valence-corrected chi connectivity index (χ3v) is 5.40. The maximum absolute atomic E-state index is 12.0. The minimum Gasteiger partial charge on any atom is -0.378 e. The number of nitrogens with one attached hydrogen (secondary N) is 1. The number of nitrogens with zero attached hydrogens (tertiary/aromatic N) is 3. The number of rotatable bonds is 5. The van der Waals surface area contributed by atoms with Gasteiger partial charge in [-0.2, -0.15) is 5.10 Å². The molecule has 0 aromatic carbocycles. The van der Waals surface area contributed by atoms with Gasteiger partial charge in [0.2, 0.25) is 5.91 Å². The Morgan fingerprint density at radius 1 is 1.24 bits per heavy atom. The molecule has 1 aromatic rings. The number of hydrogen-bond donors (Lipinski definition) is 1. The molecule has 0 atom stereocenters. The van der Waals surface area contributed by atoms with Crippen LogP contribution in [0.3, 0.4) is 0 Å². The van der Waals surface area contributed by atoms with Gasteiger partial charge in [-0.05, 0) is 25.0 Å². The molecule has 2 aliphatic heterocycles. The minimum atomic E-state index is -0.253. The van der Waals surface area contributed by atoms with E-state index in [1.807, 2.05) is 6.07 Å². The lowest BCUT2D eigenvalue weighted by Gasteiger charge is -2.27. The third-order valence-electron chi connectivity index (χ3n) is 4.32. The van der Waals surface area contributed by atoms with Gasteiger partial charge >= 0.3 is 0 Å². The summed E-state index contributed by atoms with van der Waals surface area (Å²) in [5, 5.41) is 5.21. The van der Waals surface area contributed by atoms with Gasteiger partial charge in [0.05, 0.1) is 24.4 Å². The van der Waals surface area contributed by atoms with Crippen LogP contribution >= 0.6 is 11.3 Å². The molecule has 2 saturated heterocycles. The molecule has 0 saturated carbocycles. The fourth-order valence-corrected chi connectivity index (χ4v) is 3.88. The SMILES string of the molecule is O=C(CN1CCCCCC1=O)N/N=C\c1ccc(N2CCOCC2)s1. The molecule has 136 valence electrons. The zero-order valence-corrected chi connectivity index (χ0v) is 15.1. The van der Waals surface area contributed by atoms with Crippen LogP contribution in [0.2, 0.25) is 0 Å². The Balaban J connectivity index is 1.46. The first-order valence-corrected chi connectivity index (χ1v) is 9.56. The summed E-state index contributed by atoms with van der Waals surface area (Å²) in [7, 11) is 0. The molecule has 8 heteroatoms. The fraction of sp³-hybridized carbons (Fsp3) is 0.588. The average molecular weight is 364 g/mol. The molecule has 1 aromatic heterocycles. The van der Waals surface area contributed by atoms with Gasteiger partial charge in [0.25, 0.3) is 5.91 Å². The molecular weight excluding hydrogens is 340 g/mol. The fourth-order valence-electron chi connectivity index (χ4n) is 2.95. The molecule has 0 unspecified atom stereocenters. The van der Waals surface area contributed by atoms with Gasteiger partial charge in [-0.15, -0.1) is 11.3 Å². The normalized spacial score (nSPS) is 19.3. The highest BCUT2D eigenvalue weighted by molar-refractivity contribution is 7.17. The van der Waals surface area contributed by atoms with Crippen molar-refractivity contribution in [1.82, 2.24) is 10.3 Å². The molecule has 0 spiro atoms. The van der Waals surface area contributed by atoms with Crippen molar-refractivity contribution in [3.8, 4) is 0 Å². The Labute approximate surface area is 151 Å². The van der Waals surface area contributed by atoms with Crippen molar-refractivity contribution in [1.29, 1.82) is 0 Å². The number of anilines is 1. The molecule has 0 aliphatic carbocycles. The van der Waals surface area contributed by atoms with E-state index >= 15 is 0 Å². The summed E-state index contributed by atoms with van der Waals surface area (Å²) >= 11 is 1.64. The maximum Gasteiger partial charge on any atom is 0.259 e. The lowest BCUT2D eigenvalue weighted by molar-refractivity contribution is -0.135. The summed E-state index contributed by atoms with van der Waals surface area (Å²) in [6, 6.07) is 4.05. The Morgan fingerprint density at radius 3 is 2.92 bits per heavy atom. The summed E-state index contributed by atoms with van der Waals surface area (Å²) < 4.78 is 5.36. The van der Waals surface area contributed by atoms with Gasteiger partial charge in [-0.1, -0.05) is 6.42 Å². The van der Waals surface area contributed by atoms with E-state index in [9.17, 15) is 9.59 Å². The average Bonchev–Trinajstić information content (AvgIpc) is 3.01. The van der Waals surface area contributed by atoms with Crippen LogP contribution in [0.15, 0.2) is 17.2 Å². The second-order valence-corrected chi connectivity index (χ2v) is 7.29. The number of morpholine rings is 1. The number of likely N-dealkylation sites (tertiary alicyclic amines) is 1. The second kappa shape index (κ2) is 8.96. The number of amides is 2.